The summed E-state index contributed by atoms with van der Waals surface area (Å²) in [5, 5.41) is 0. The molecule has 1 atom stereocenters. The molecule has 0 bridgehead atoms. The molecular weight excluding hydrogens is 194 g/mol. The predicted octanol–water partition coefficient (Wildman–Crippen LogP) is 0.108. The van der Waals surface area contributed by atoms with Crippen LogP contribution in [0.25, 0.3) is 0 Å². The summed E-state index contributed by atoms with van der Waals surface area (Å²) in [4.78, 5) is 15.4. The highest BCUT2D eigenvalue weighted by atomic mass is 16.5. The van der Waals surface area contributed by atoms with Crippen molar-refractivity contribution in [1.82, 2.24) is 9.80 Å². The number of rotatable bonds is 3. The van der Waals surface area contributed by atoms with Crippen LogP contribution in [0.15, 0.2) is 0 Å². The first-order chi connectivity index (χ1) is 7.19. The van der Waals surface area contributed by atoms with Crippen molar-refractivity contribution in [3.8, 4) is 0 Å². The number of nitrogens with two attached hydrogens (primary N) is 1. The summed E-state index contributed by atoms with van der Waals surface area (Å²) < 4.78 is 5.51. The third-order valence-corrected chi connectivity index (χ3v) is 2.66. The fourth-order valence-corrected chi connectivity index (χ4v) is 1.67. The number of likely N-dealkylation sites (N-methyl/N-ethyl adjacent to an activating group) is 1. The van der Waals surface area contributed by atoms with Gasteiger partial charge in [-0.3, -0.25) is 0 Å². The number of urea groups is 1. The van der Waals surface area contributed by atoms with Gasteiger partial charge in [0.05, 0.1) is 12.7 Å². The quantitative estimate of drug-likeness (QED) is 0.727. The van der Waals surface area contributed by atoms with E-state index in [1.165, 1.54) is 0 Å². The molecule has 0 radical (unpaired) electrons. The fourth-order valence-electron chi connectivity index (χ4n) is 1.67. The normalized spacial score (nSPS) is 21.5. The van der Waals surface area contributed by atoms with Crippen molar-refractivity contribution >= 4 is 6.03 Å². The lowest BCUT2D eigenvalue weighted by atomic mass is 10.2. The lowest BCUT2D eigenvalue weighted by molar-refractivity contribution is -0.0193. The maximum atomic E-state index is 11.9. The van der Waals surface area contributed by atoms with Crippen LogP contribution in [0.5, 0.6) is 0 Å². The smallest absolute Gasteiger partial charge is 0.319 e. The maximum absolute atomic E-state index is 11.9. The van der Waals surface area contributed by atoms with Crippen LogP contribution in [0.2, 0.25) is 0 Å². The molecule has 1 aliphatic heterocycles. The van der Waals surface area contributed by atoms with Gasteiger partial charge < -0.3 is 20.3 Å². The molecule has 0 aliphatic carbocycles. The van der Waals surface area contributed by atoms with Gasteiger partial charge in [0.15, 0.2) is 0 Å². The highest BCUT2D eigenvalue weighted by Gasteiger charge is 2.24. The summed E-state index contributed by atoms with van der Waals surface area (Å²) in [5.74, 6) is 0. The van der Waals surface area contributed by atoms with Crippen molar-refractivity contribution in [2.75, 3.05) is 39.8 Å². The number of morpholine rings is 1. The average molecular weight is 215 g/mol. The number of nitrogens with zero attached hydrogens (tertiary/aromatic N) is 2. The van der Waals surface area contributed by atoms with E-state index in [2.05, 4.69) is 6.92 Å². The van der Waals surface area contributed by atoms with Crippen LogP contribution in [-0.4, -0.2) is 61.8 Å². The Hall–Kier alpha value is -0.810. The van der Waals surface area contributed by atoms with E-state index in [0.717, 1.165) is 6.42 Å². The van der Waals surface area contributed by atoms with Crippen molar-refractivity contribution in [2.45, 2.75) is 19.4 Å². The van der Waals surface area contributed by atoms with Gasteiger partial charge in [0.25, 0.3) is 0 Å². The molecule has 1 rings (SSSR count). The molecule has 15 heavy (non-hydrogen) atoms. The molecule has 1 aliphatic rings. The Balaban J connectivity index is 2.44. The first-order valence-electron chi connectivity index (χ1n) is 5.50. The van der Waals surface area contributed by atoms with Crippen molar-refractivity contribution < 1.29 is 9.53 Å². The minimum atomic E-state index is 0.0576. The summed E-state index contributed by atoms with van der Waals surface area (Å²) >= 11 is 0. The Labute approximate surface area is 91.2 Å². The second kappa shape index (κ2) is 5.92. The fraction of sp³-hybridized carbons (Fsp3) is 0.900. The van der Waals surface area contributed by atoms with Crippen LogP contribution in [0, 0.1) is 0 Å². The second-order valence-corrected chi connectivity index (χ2v) is 3.84. The molecule has 0 saturated carbocycles. The van der Waals surface area contributed by atoms with Gasteiger partial charge in [-0.05, 0) is 6.42 Å². The molecule has 1 saturated heterocycles. The van der Waals surface area contributed by atoms with Gasteiger partial charge in [0.2, 0.25) is 0 Å². The van der Waals surface area contributed by atoms with Crippen LogP contribution in [0.4, 0.5) is 4.79 Å². The molecule has 0 spiro atoms. The minimum absolute atomic E-state index is 0.0576. The monoisotopic (exact) mass is 215 g/mol. The summed E-state index contributed by atoms with van der Waals surface area (Å²) in [6.45, 7) is 5.20. The molecule has 1 fully saturated rings. The average Bonchev–Trinajstić information content (AvgIpc) is 2.28. The highest BCUT2D eigenvalue weighted by molar-refractivity contribution is 5.74. The van der Waals surface area contributed by atoms with E-state index < -0.39 is 0 Å². The number of carbonyl (C=O) groups is 1. The number of hydrogen-bond donors (Lipinski definition) is 1. The summed E-state index contributed by atoms with van der Waals surface area (Å²) in [5.41, 5.74) is 5.41. The minimum Gasteiger partial charge on any atom is -0.375 e. The Morgan fingerprint density at radius 1 is 1.67 bits per heavy atom. The van der Waals surface area contributed by atoms with E-state index >= 15 is 0 Å². The zero-order valence-electron chi connectivity index (χ0n) is 9.61. The number of amides is 2. The van der Waals surface area contributed by atoms with E-state index in [1.54, 1.807) is 11.9 Å². The Morgan fingerprint density at radius 2 is 2.40 bits per heavy atom. The molecule has 0 aromatic carbocycles. The van der Waals surface area contributed by atoms with Crippen LogP contribution >= 0.6 is 0 Å². The zero-order valence-corrected chi connectivity index (χ0v) is 9.61. The Morgan fingerprint density at radius 3 is 3.00 bits per heavy atom. The molecule has 2 N–H and O–H groups in total. The predicted molar refractivity (Wildman–Crippen MR) is 58.7 cm³/mol. The summed E-state index contributed by atoms with van der Waals surface area (Å²) in [6, 6.07) is 0.0576. The summed E-state index contributed by atoms with van der Waals surface area (Å²) in [7, 11) is 1.78. The molecule has 2 amide bonds. The van der Waals surface area contributed by atoms with Gasteiger partial charge in [-0.15, -0.1) is 0 Å². The largest absolute Gasteiger partial charge is 0.375 e. The molecule has 1 unspecified atom stereocenters. The van der Waals surface area contributed by atoms with Gasteiger partial charge in [0.1, 0.15) is 0 Å². The third-order valence-electron chi connectivity index (χ3n) is 2.66. The molecule has 5 heteroatoms. The van der Waals surface area contributed by atoms with E-state index in [9.17, 15) is 4.79 Å². The molecular formula is C10H21N3O2. The van der Waals surface area contributed by atoms with Crippen LogP contribution in [0.3, 0.4) is 0 Å². The van der Waals surface area contributed by atoms with Crippen LogP contribution in [-0.2, 0) is 4.74 Å². The number of hydrogen-bond acceptors (Lipinski definition) is 3. The van der Waals surface area contributed by atoms with Crippen molar-refractivity contribution in [3.63, 3.8) is 0 Å². The topological polar surface area (TPSA) is 58.8 Å². The molecule has 0 aromatic heterocycles. The Kier molecular flexibility index (Phi) is 4.84. The van der Waals surface area contributed by atoms with Gasteiger partial charge >= 0.3 is 6.03 Å². The SMILES string of the molecule is CCC1CN(C(=O)N(C)CCN)CCO1. The lowest BCUT2D eigenvalue weighted by Crippen LogP contribution is -2.50. The number of ether oxygens (including phenoxy) is 1. The molecule has 0 aromatic rings. The van der Waals surface area contributed by atoms with Crippen LogP contribution in [0.1, 0.15) is 13.3 Å². The van der Waals surface area contributed by atoms with Crippen molar-refractivity contribution in [3.05, 3.63) is 0 Å². The molecule has 1 heterocycles. The second-order valence-electron chi connectivity index (χ2n) is 3.84. The van der Waals surface area contributed by atoms with Crippen molar-refractivity contribution in [1.29, 1.82) is 0 Å². The van der Waals surface area contributed by atoms with Gasteiger partial charge in [-0.1, -0.05) is 6.92 Å². The van der Waals surface area contributed by atoms with E-state index in [0.29, 0.717) is 32.8 Å². The van der Waals surface area contributed by atoms with Gasteiger partial charge in [-0.2, -0.15) is 0 Å². The first-order valence-corrected chi connectivity index (χ1v) is 5.50. The van der Waals surface area contributed by atoms with Gasteiger partial charge in [-0.25, -0.2) is 4.79 Å². The Bertz CT molecular complexity index is 211. The van der Waals surface area contributed by atoms with Crippen LogP contribution < -0.4 is 5.73 Å². The molecule has 5 nitrogen and oxygen atoms in total. The zero-order chi connectivity index (χ0) is 11.3. The highest BCUT2D eigenvalue weighted by Crippen LogP contribution is 2.09. The van der Waals surface area contributed by atoms with E-state index in [4.69, 9.17) is 10.5 Å². The number of carbonyl (C=O) groups excluding carboxylic acids is 1. The third kappa shape index (κ3) is 3.35. The maximum Gasteiger partial charge on any atom is 0.319 e. The van der Waals surface area contributed by atoms with Gasteiger partial charge in [0, 0.05) is 33.2 Å². The molecule has 88 valence electrons. The first kappa shape index (κ1) is 12.3. The standard InChI is InChI=1S/C10H21N3O2/c1-3-9-8-13(6-7-15-9)10(14)12(2)5-4-11/h9H,3-8,11H2,1-2H3. The lowest BCUT2D eigenvalue weighted by Gasteiger charge is -2.34. The van der Waals surface area contributed by atoms with E-state index in [-0.39, 0.29) is 12.1 Å². The summed E-state index contributed by atoms with van der Waals surface area (Å²) in [6.07, 6.45) is 1.14. The van der Waals surface area contributed by atoms with E-state index in [1.807, 2.05) is 4.90 Å². The van der Waals surface area contributed by atoms with Crippen molar-refractivity contribution in [2.24, 2.45) is 5.73 Å².